The number of oxazole rings is 1. The summed E-state index contributed by atoms with van der Waals surface area (Å²) >= 11 is 0. The molecule has 7 nitrogen and oxygen atoms in total. The third-order valence-electron chi connectivity index (χ3n) is 4.95. The molecule has 1 saturated heterocycles. The zero-order chi connectivity index (χ0) is 19.3. The van der Waals surface area contributed by atoms with Gasteiger partial charge in [-0.05, 0) is 31.9 Å². The number of hydrogen-bond donors (Lipinski definition) is 0. The summed E-state index contributed by atoms with van der Waals surface area (Å²) in [5, 5.41) is 0.998. The summed E-state index contributed by atoms with van der Waals surface area (Å²) in [6, 6.07) is 9.80. The number of carbonyl (C=O) groups is 1. The molecule has 0 bridgehead atoms. The highest BCUT2D eigenvalue weighted by molar-refractivity contribution is 5.92. The minimum Gasteiger partial charge on any atom is -0.482 e. The van der Waals surface area contributed by atoms with Gasteiger partial charge in [0.25, 0.3) is 5.91 Å². The lowest BCUT2D eigenvalue weighted by molar-refractivity contribution is 0.0302. The molecule has 1 aromatic carbocycles. The van der Waals surface area contributed by atoms with Crippen LogP contribution in [0.1, 0.15) is 36.1 Å². The number of rotatable bonds is 6. The molecule has 2 aromatic heterocycles. The molecule has 3 heterocycles. The summed E-state index contributed by atoms with van der Waals surface area (Å²) in [5.74, 6) is 0.900. The molecular weight excluding hydrogens is 358 g/mol. The number of amides is 1. The Labute approximate surface area is 163 Å². The van der Waals surface area contributed by atoms with Crippen LogP contribution in [0.15, 0.2) is 47.2 Å². The van der Waals surface area contributed by atoms with E-state index >= 15 is 0 Å². The molecule has 0 saturated carbocycles. The fraction of sp³-hybridized carbons (Fsp3) is 0.381. The van der Waals surface area contributed by atoms with Gasteiger partial charge in [0.2, 0.25) is 5.89 Å². The molecular formula is C21H23N3O4. The highest BCUT2D eigenvalue weighted by Gasteiger charge is 2.27. The highest BCUT2D eigenvalue weighted by Crippen LogP contribution is 2.24. The van der Waals surface area contributed by atoms with Gasteiger partial charge in [-0.25, -0.2) is 4.98 Å². The maximum absolute atomic E-state index is 12.8. The van der Waals surface area contributed by atoms with Crippen molar-refractivity contribution in [1.82, 2.24) is 14.9 Å². The average Bonchev–Trinajstić information content (AvgIpc) is 3.22. The summed E-state index contributed by atoms with van der Waals surface area (Å²) in [5.41, 5.74) is 1.09. The predicted octanol–water partition coefficient (Wildman–Crippen LogP) is 3.44. The number of para-hydroxylation sites is 1. The molecule has 0 radical (unpaired) electrons. The SMILES string of the molecule is CCN(C(=O)c1coc(COc2cccc3cccnc23)n1)C1CCOCC1. The van der Waals surface area contributed by atoms with E-state index in [2.05, 4.69) is 9.97 Å². The van der Waals surface area contributed by atoms with Crippen LogP contribution in [0.3, 0.4) is 0 Å². The number of hydrogen-bond acceptors (Lipinski definition) is 6. The van der Waals surface area contributed by atoms with Crippen LogP contribution in [0.4, 0.5) is 0 Å². The van der Waals surface area contributed by atoms with Gasteiger partial charge in [0.05, 0.1) is 0 Å². The number of fused-ring (bicyclic) bond motifs is 1. The second kappa shape index (κ2) is 8.39. The molecule has 1 aliphatic heterocycles. The number of nitrogens with zero attached hydrogens (tertiary/aromatic N) is 3. The molecule has 0 aliphatic carbocycles. The van der Waals surface area contributed by atoms with E-state index < -0.39 is 0 Å². The Morgan fingerprint density at radius 1 is 1.25 bits per heavy atom. The van der Waals surface area contributed by atoms with Crippen molar-refractivity contribution in [3.8, 4) is 5.75 Å². The van der Waals surface area contributed by atoms with Gasteiger partial charge in [-0.1, -0.05) is 18.2 Å². The van der Waals surface area contributed by atoms with Gasteiger partial charge in [0, 0.05) is 37.4 Å². The van der Waals surface area contributed by atoms with Crippen molar-refractivity contribution in [2.75, 3.05) is 19.8 Å². The van der Waals surface area contributed by atoms with Crippen molar-refractivity contribution in [3.63, 3.8) is 0 Å². The van der Waals surface area contributed by atoms with E-state index in [4.69, 9.17) is 13.9 Å². The van der Waals surface area contributed by atoms with Crippen molar-refractivity contribution in [2.24, 2.45) is 0 Å². The van der Waals surface area contributed by atoms with Crippen LogP contribution < -0.4 is 4.74 Å². The van der Waals surface area contributed by atoms with Crippen LogP contribution in [0, 0.1) is 0 Å². The maximum Gasteiger partial charge on any atom is 0.276 e. The fourth-order valence-corrected chi connectivity index (χ4v) is 3.52. The monoisotopic (exact) mass is 381 g/mol. The molecule has 1 aliphatic rings. The first-order valence-electron chi connectivity index (χ1n) is 9.56. The molecule has 3 aromatic rings. The zero-order valence-electron chi connectivity index (χ0n) is 15.8. The lowest BCUT2D eigenvalue weighted by Crippen LogP contribution is -2.43. The molecule has 0 spiro atoms. The molecule has 0 unspecified atom stereocenters. The largest absolute Gasteiger partial charge is 0.482 e. The predicted molar refractivity (Wildman–Crippen MR) is 103 cm³/mol. The first-order chi connectivity index (χ1) is 13.8. The molecule has 1 fully saturated rings. The minimum absolute atomic E-state index is 0.115. The van der Waals surface area contributed by atoms with Crippen LogP contribution in [0.5, 0.6) is 5.75 Å². The second-order valence-electron chi connectivity index (χ2n) is 6.68. The van der Waals surface area contributed by atoms with E-state index in [-0.39, 0.29) is 18.6 Å². The number of aromatic nitrogens is 2. The maximum atomic E-state index is 12.8. The minimum atomic E-state index is -0.115. The summed E-state index contributed by atoms with van der Waals surface area (Å²) in [7, 11) is 0. The topological polar surface area (TPSA) is 77.7 Å². The van der Waals surface area contributed by atoms with Crippen molar-refractivity contribution in [2.45, 2.75) is 32.4 Å². The fourth-order valence-electron chi connectivity index (χ4n) is 3.52. The third kappa shape index (κ3) is 3.84. The van der Waals surface area contributed by atoms with E-state index in [0.29, 0.717) is 37.1 Å². The van der Waals surface area contributed by atoms with Crippen LogP contribution >= 0.6 is 0 Å². The van der Waals surface area contributed by atoms with Crippen molar-refractivity contribution in [3.05, 3.63) is 54.4 Å². The van der Waals surface area contributed by atoms with Crippen molar-refractivity contribution in [1.29, 1.82) is 0 Å². The summed E-state index contributed by atoms with van der Waals surface area (Å²) in [6.07, 6.45) is 4.83. The highest BCUT2D eigenvalue weighted by atomic mass is 16.5. The Balaban J connectivity index is 1.44. The second-order valence-corrected chi connectivity index (χ2v) is 6.68. The van der Waals surface area contributed by atoms with Crippen molar-refractivity contribution >= 4 is 16.8 Å². The Morgan fingerprint density at radius 2 is 2.07 bits per heavy atom. The molecule has 28 heavy (non-hydrogen) atoms. The van der Waals surface area contributed by atoms with Gasteiger partial charge in [-0.3, -0.25) is 9.78 Å². The molecule has 146 valence electrons. The first kappa shape index (κ1) is 18.4. The van der Waals surface area contributed by atoms with E-state index in [1.807, 2.05) is 42.2 Å². The zero-order valence-corrected chi connectivity index (χ0v) is 15.8. The van der Waals surface area contributed by atoms with Crippen LogP contribution in [-0.4, -0.2) is 46.6 Å². The van der Waals surface area contributed by atoms with E-state index in [9.17, 15) is 4.79 Å². The average molecular weight is 381 g/mol. The van der Waals surface area contributed by atoms with E-state index in [0.717, 1.165) is 23.7 Å². The van der Waals surface area contributed by atoms with Gasteiger partial charge < -0.3 is 18.8 Å². The Bertz CT molecular complexity index is 944. The molecule has 7 heteroatoms. The van der Waals surface area contributed by atoms with E-state index in [1.165, 1.54) is 6.26 Å². The lowest BCUT2D eigenvalue weighted by Gasteiger charge is -2.32. The number of pyridine rings is 1. The van der Waals surface area contributed by atoms with Gasteiger partial charge in [0.1, 0.15) is 17.5 Å². The number of ether oxygens (including phenoxy) is 2. The van der Waals surface area contributed by atoms with Gasteiger partial charge in [0.15, 0.2) is 12.3 Å². The van der Waals surface area contributed by atoms with E-state index in [1.54, 1.807) is 6.20 Å². The third-order valence-corrected chi connectivity index (χ3v) is 4.95. The summed E-state index contributed by atoms with van der Waals surface area (Å²) in [6.45, 7) is 4.11. The molecule has 1 amide bonds. The quantitative estimate of drug-likeness (QED) is 0.651. The van der Waals surface area contributed by atoms with Crippen LogP contribution in [-0.2, 0) is 11.3 Å². The normalized spacial score (nSPS) is 14.9. The molecule has 0 N–H and O–H groups in total. The molecule has 4 rings (SSSR count). The van der Waals surface area contributed by atoms with Crippen molar-refractivity contribution < 1.29 is 18.7 Å². The first-order valence-corrected chi connectivity index (χ1v) is 9.56. The van der Waals surface area contributed by atoms with Crippen LogP contribution in [0.2, 0.25) is 0 Å². The van der Waals surface area contributed by atoms with Gasteiger partial charge in [-0.15, -0.1) is 0 Å². The van der Waals surface area contributed by atoms with Gasteiger partial charge in [-0.2, -0.15) is 0 Å². The lowest BCUT2D eigenvalue weighted by atomic mass is 10.1. The smallest absolute Gasteiger partial charge is 0.276 e. The standard InChI is InChI=1S/C21H23N3O4/c1-2-24(16-8-11-26-12-9-16)21(25)17-13-28-19(23-17)14-27-18-7-3-5-15-6-4-10-22-20(15)18/h3-7,10,13,16H,2,8-9,11-12,14H2,1H3. The number of carbonyl (C=O) groups excluding carboxylic acids is 1. The summed E-state index contributed by atoms with van der Waals surface area (Å²) in [4.78, 5) is 23.4. The summed E-state index contributed by atoms with van der Waals surface area (Å²) < 4.78 is 16.7. The van der Waals surface area contributed by atoms with Gasteiger partial charge >= 0.3 is 0 Å². The Kier molecular flexibility index (Phi) is 5.53. The molecule has 0 atom stereocenters. The Morgan fingerprint density at radius 3 is 2.89 bits per heavy atom. The Hall–Kier alpha value is -2.93. The number of benzene rings is 1. The van der Waals surface area contributed by atoms with Crippen LogP contribution in [0.25, 0.3) is 10.9 Å².